The van der Waals surface area contributed by atoms with Crippen molar-refractivity contribution in [3.05, 3.63) is 11.1 Å². The molecule has 0 aromatic heterocycles. The van der Waals surface area contributed by atoms with Crippen molar-refractivity contribution in [2.24, 2.45) is 11.8 Å². The number of hydrogen-bond acceptors (Lipinski definition) is 1. The summed E-state index contributed by atoms with van der Waals surface area (Å²) in [6.45, 7) is 6.54. The smallest absolute Gasteiger partial charge is 0.0173 e. The lowest BCUT2D eigenvalue weighted by molar-refractivity contribution is 0.250. The molecule has 0 aromatic rings. The van der Waals surface area contributed by atoms with Gasteiger partial charge in [-0.3, -0.25) is 0 Å². The Morgan fingerprint density at radius 2 is 2.14 bits per heavy atom. The standard InChI is InChI=1S/C12H22ClN/c1-10(7-13)8-14-9-12-6-4-3-5-11(12)2/h7,11-12,14H,3-6,8-9H2,1-2H3. The molecule has 2 heteroatoms. The van der Waals surface area contributed by atoms with Crippen molar-refractivity contribution in [1.29, 1.82) is 0 Å². The van der Waals surface area contributed by atoms with Crippen LogP contribution in [0.4, 0.5) is 0 Å². The van der Waals surface area contributed by atoms with Crippen LogP contribution in [-0.2, 0) is 0 Å². The summed E-state index contributed by atoms with van der Waals surface area (Å²) in [4.78, 5) is 0. The third-order valence-electron chi connectivity index (χ3n) is 3.29. The molecule has 1 aliphatic carbocycles. The van der Waals surface area contributed by atoms with Gasteiger partial charge in [0.1, 0.15) is 0 Å². The molecule has 0 heterocycles. The van der Waals surface area contributed by atoms with E-state index in [0.29, 0.717) is 0 Å². The Balaban J connectivity index is 2.16. The van der Waals surface area contributed by atoms with Crippen molar-refractivity contribution in [2.75, 3.05) is 13.1 Å². The summed E-state index contributed by atoms with van der Waals surface area (Å²) < 4.78 is 0. The molecule has 0 aromatic carbocycles. The van der Waals surface area contributed by atoms with Gasteiger partial charge in [0.15, 0.2) is 0 Å². The van der Waals surface area contributed by atoms with Crippen molar-refractivity contribution in [3.63, 3.8) is 0 Å². The van der Waals surface area contributed by atoms with Crippen molar-refractivity contribution in [3.8, 4) is 0 Å². The highest BCUT2D eigenvalue weighted by molar-refractivity contribution is 6.25. The average molecular weight is 216 g/mol. The Morgan fingerprint density at radius 1 is 1.43 bits per heavy atom. The van der Waals surface area contributed by atoms with E-state index in [1.165, 1.54) is 31.3 Å². The normalized spacial score (nSPS) is 29.2. The first-order valence-corrected chi connectivity index (χ1v) is 6.14. The van der Waals surface area contributed by atoms with E-state index in [1.807, 2.05) is 0 Å². The van der Waals surface area contributed by atoms with Crippen molar-refractivity contribution in [2.45, 2.75) is 39.5 Å². The van der Waals surface area contributed by atoms with E-state index in [0.717, 1.165) is 24.9 Å². The van der Waals surface area contributed by atoms with Gasteiger partial charge in [-0.25, -0.2) is 0 Å². The molecular weight excluding hydrogens is 194 g/mol. The van der Waals surface area contributed by atoms with Gasteiger partial charge in [-0.05, 0) is 37.3 Å². The first-order valence-electron chi connectivity index (χ1n) is 5.70. The van der Waals surface area contributed by atoms with Gasteiger partial charge in [0.05, 0.1) is 0 Å². The Bertz CT molecular complexity index is 189. The molecule has 0 spiro atoms. The van der Waals surface area contributed by atoms with E-state index in [-0.39, 0.29) is 0 Å². The molecule has 1 aliphatic rings. The maximum absolute atomic E-state index is 5.60. The summed E-state index contributed by atoms with van der Waals surface area (Å²) in [7, 11) is 0. The largest absolute Gasteiger partial charge is 0.313 e. The van der Waals surface area contributed by atoms with Gasteiger partial charge >= 0.3 is 0 Å². The van der Waals surface area contributed by atoms with Crippen LogP contribution in [0.15, 0.2) is 11.1 Å². The number of nitrogens with one attached hydrogen (secondary N) is 1. The van der Waals surface area contributed by atoms with Gasteiger partial charge in [-0.15, -0.1) is 0 Å². The van der Waals surface area contributed by atoms with Gasteiger partial charge in [-0.2, -0.15) is 0 Å². The maximum Gasteiger partial charge on any atom is 0.0173 e. The fourth-order valence-electron chi connectivity index (χ4n) is 2.19. The summed E-state index contributed by atoms with van der Waals surface area (Å²) in [6.07, 6.45) is 5.66. The fourth-order valence-corrected chi connectivity index (χ4v) is 2.27. The predicted octanol–water partition coefficient (Wildman–Crippen LogP) is 3.54. The molecule has 0 saturated heterocycles. The molecule has 1 nitrogen and oxygen atoms in total. The van der Waals surface area contributed by atoms with Crippen LogP contribution in [0.1, 0.15) is 39.5 Å². The van der Waals surface area contributed by atoms with E-state index >= 15 is 0 Å². The van der Waals surface area contributed by atoms with Crippen LogP contribution in [0.5, 0.6) is 0 Å². The molecule has 0 amide bonds. The molecule has 1 fully saturated rings. The third-order valence-corrected chi connectivity index (χ3v) is 3.66. The molecule has 1 rings (SSSR count). The van der Waals surface area contributed by atoms with Crippen LogP contribution < -0.4 is 5.32 Å². The lowest BCUT2D eigenvalue weighted by atomic mass is 9.80. The minimum atomic E-state index is 0.881. The van der Waals surface area contributed by atoms with Crippen LogP contribution >= 0.6 is 11.6 Å². The molecule has 1 saturated carbocycles. The predicted molar refractivity (Wildman–Crippen MR) is 63.6 cm³/mol. The van der Waals surface area contributed by atoms with Crippen LogP contribution in [0.2, 0.25) is 0 Å². The Hall–Kier alpha value is -0.0100. The van der Waals surface area contributed by atoms with E-state index in [9.17, 15) is 0 Å². The molecule has 14 heavy (non-hydrogen) atoms. The highest BCUT2D eigenvalue weighted by atomic mass is 35.5. The highest BCUT2D eigenvalue weighted by Gasteiger charge is 2.20. The topological polar surface area (TPSA) is 12.0 Å². The summed E-state index contributed by atoms with van der Waals surface area (Å²) in [5.41, 5.74) is 2.88. The van der Waals surface area contributed by atoms with Crippen molar-refractivity contribution >= 4 is 11.6 Å². The van der Waals surface area contributed by atoms with Gasteiger partial charge in [-0.1, -0.05) is 37.8 Å². The zero-order valence-corrected chi connectivity index (χ0v) is 10.1. The number of halogens is 1. The molecule has 82 valence electrons. The van der Waals surface area contributed by atoms with Crippen LogP contribution in [0.25, 0.3) is 0 Å². The lowest BCUT2D eigenvalue weighted by Crippen LogP contribution is -2.30. The van der Waals surface area contributed by atoms with Gasteiger partial charge in [0.2, 0.25) is 0 Å². The second-order valence-corrected chi connectivity index (χ2v) is 4.83. The van der Waals surface area contributed by atoms with E-state index in [2.05, 4.69) is 19.2 Å². The molecule has 2 unspecified atom stereocenters. The minimum Gasteiger partial charge on any atom is -0.313 e. The third kappa shape index (κ3) is 4.02. The van der Waals surface area contributed by atoms with Crippen LogP contribution in [0.3, 0.4) is 0 Å². The summed E-state index contributed by atoms with van der Waals surface area (Å²) >= 11 is 5.60. The summed E-state index contributed by atoms with van der Waals surface area (Å²) in [5.74, 6) is 1.78. The molecule has 2 atom stereocenters. The quantitative estimate of drug-likeness (QED) is 0.757. The molecule has 0 bridgehead atoms. The molecule has 0 radical (unpaired) electrons. The zero-order valence-electron chi connectivity index (χ0n) is 9.35. The lowest BCUT2D eigenvalue weighted by Gasteiger charge is -2.28. The Morgan fingerprint density at radius 3 is 2.79 bits per heavy atom. The fraction of sp³-hybridized carbons (Fsp3) is 0.833. The second-order valence-electron chi connectivity index (χ2n) is 4.61. The maximum atomic E-state index is 5.60. The highest BCUT2D eigenvalue weighted by Crippen LogP contribution is 2.28. The minimum absolute atomic E-state index is 0.881. The van der Waals surface area contributed by atoms with E-state index < -0.39 is 0 Å². The average Bonchev–Trinajstić information content (AvgIpc) is 2.20. The molecule has 0 aliphatic heterocycles. The van der Waals surface area contributed by atoms with Gasteiger partial charge in [0, 0.05) is 12.1 Å². The zero-order chi connectivity index (χ0) is 10.4. The summed E-state index contributed by atoms with van der Waals surface area (Å²) in [6, 6.07) is 0. The van der Waals surface area contributed by atoms with Crippen LogP contribution in [0, 0.1) is 11.8 Å². The molecular formula is C12H22ClN. The van der Waals surface area contributed by atoms with Crippen molar-refractivity contribution in [1.82, 2.24) is 5.32 Å². The number of hydrogen-bond donors (Lipinski definition) is 1. The number of rotatable bonds is 4. The SMILES string of the molecule is CC(=CCl)CNCC1CCCCC1C. The van der Waals surface area contributed by atoms with Crippen LogP contribution in [-0.4, -0.2) is 13.1 Å². The van der Waals surface area contributed by atoms with E-state index in [4.69, 9.17) is 11.6 Å². The Kier molecular flexibility index (Phi) is 5.57. The first kappa shape index (κ1) is 12.1. The summed E-state index contributed by atoms with van der Waals surface area (Å²) in [5, 5.41) is 3.48. The van der Waals surface area contributed by atoms with Crippen molar-refractivity contribution < 1.29 is 0 Å². The second kappa shape index (κ2) is 6.47. The molecule has 1 N–H and O–H groups in total. The monoisotopic (exact) mass is 215 g/mol. The first-order chi connectivity index (χ1) is 6.74. The van der Waals surface area contributed by atoms with Gasteiger partial charge < -0.3 is 5.32 Å². The van der Waals surface area contributed by atoms with Gasteiger partial charge in [0.25, 0.3) is 0 Å². The Labute approximate surface area is 92.9 Å². The van der Waals surface area contributed by atoms with E-state index in [1.54, 1.807) is 5.54 Å².